The van der Waals surface area contributed by atoms with E-state index < -0.39 is 6.04 Å². The SMILES string of the molecule is CCC(C)C(N)C(=O)Nc1nc(-c2cccc(O)c2)cs1. The van der Waals surface area contributed by atoms with Gasteiger partial charge in [-0.2, -0.15) is 0 Å². The first-order chi connectivity index (χ1) is 10.0. The van der Waals surface area contributed by atoms with Crippen LogP contribution in [0.15, 0.2) is 29.6 Å². The molecule has 6 heteroatoms. The highest BCUT2D eigenvalue weighted by atomic mass is 32.1. The molecule has 0 aliphatic carbocycles. The van der Waals surface area contributed by atoms with Gasteiger partial charge in [0.2, 0.25) is 5.91 Å². The summed E-state index contributed by atoms with van der Waals surface area (Å²) in [6.45, 7) is 3.95. The standard InChI is InChI=1S/C15H19N3O2S/c1-3-9(2)13(16)14(20)18-15-17-12(8-21-15)10-5-4-6-11(19)7-10/h4-9,13,19H,3,16H2,1-2H3,(H,17,18,20). The van der Waals surface area contributed by atoms with Gasteiger partial charge in [-0.3, -0.25) is 4.79 Å². The summed E-state index contributed by atoms with van der Waals surface area (Å²) in [5.41, 5.74) is 7.40. The molecule has 1 heterocycles. The van der Waals surface area contributed by atoms with Gasteiger partial charge in [0.25, 0.3) is 0 Å². The molecule has 1 aromatic carbocycles. The van der Waals surface area contributed by atoms with E-state index in [1.165, 1.54) is 11.3 Å². The Balaban J connectivity index is 2.08. The Hall–Kier alpha value is -1.92. The number of nitrogens with one attached hydrogen (secondary N) is 1. The molecular formula is C15H19N3O2S. The van der Waals surface area contributed by atoms with Crippen molar-refractivity contribution in [2.45, 2.75) is 26.3 Å². The number of carbonyl (C=O) groups excluding carboxylic acids is 1. The molecule has 1 amide bonds. The molecule has 2 atom stereocenters. The van der Waals surface area contributed by atoms with Crippen LogP contribution in [0.2, 0.25) is 0 Å². The summed E-state index contributed by atoms with van der Waals surface area (Å²) in [7, 11) is 0. The van der Waals surface area contributed by atoms with Gasteiger partial charge >= 0.3 is 0 Å². The van der Waals surface area contributed by atoms with Gasteiger partial charge in [-0.25, -0.2) is 4.98 Å². The van der Waals surface area contributed by atoms with E-state index in [2.05, 4.69) is 10.3 Å². The fourth-order valence-corrected chi connectivity index (χ4v) is 2.55. The number of carbonyl (C=O) groups is 1. The molecular weight excluding hydrogens is 286 g/mol. The van der Waals surface area contributed by atoms with Crippen molar-refractivity contribution in [2.24, 2.45) is 11.7 Å². The van der Waals surface area contributed by atoms with Crippen molar-refractivity contribution in [3.8, 4) is 17.0 Å². The number of anilines is 1. The number of aromatic hydroxyl groups is 1. The smallest absolute Gasteiger partial charge is 0.243 e. The van der Waals surface area contributed by atoms with E-state index in [-0.39, 0.29) is 17.6 Å². The van der Waals surface area contributed by atoms with Crippen molar-refractivity contribution < 1.29 is 9.90 Å². The van der Waals surface area contributed by atoms with Gasteiger partial charge in [-0.1, -0.05) is 32.4 Å². The average molecular weight is 305 g/mol. The van der Waals surface area contributed by atoms with E-state index in [1.807, 2.05) is 25.3 Å². The monoisotopic (exact) mass is 305 g/mol. The molecule has 2 aromatic rings. The molecule has 0 saturated carbocycles. The second-order valence-corrected chi connectivity index (χ2v) is 5.85. The predicted molar refractivity (Wildman–Crippen MR) is 85.3 cm³/mol. The van der Waals surface area contributed by atoms with Crippen LogP contribution in [0.4, 0.5) is 5.13 Å². The van der Waals surface area contributed by atoms with Gasteiger partial charge in [-0.05, 0) is 18.1 Å². The molecule has 0 radical (unpaired) electrons. The lowest BCUT2D eigenvalue weighted by Crippen LogP contribution is -2.40. The zero-order chi connectivity index (χ0) is 15.4. The lowest BCUT2D eigenvalue weighted by atomic mass is 10.00. The maximum atomic E-state index is 12.0. The van der Waals surface area contributed by atoms with Crippen molar-refractivity contribution in [1.82, 2.24) is 4.98 Å². The summed E-state index contributed by atoms with van der Waals surface area (Å²) < 4.78 is 0. The summed E-state index contributed by atoms with van der Waals surface area (Å²) in [5.74, 6) is 0.0848. The number of amides is 1. The van der Waals surface area contributed by atoms with Crippen LogP contribution in [0.1, 0.15) is 20.3 Å². The van der Waals surface area contributed by atoms with Crippen LogP contribution in [-0.2, 0) is 4.79 Å². The van der Waals surface area contributed by atoms with Crippen LogP contribution >= 0.6 is 11.3 Å². The number of thiazole rings is 1. The van der Waals surface area contributed by atoms with Crippen molar-refractivity contribution in [3.63, 3.8) is 0 Å². The van der Waals surface area contributed by atoms with Crippen LogP contribution in [-0.4, -0.2) is 22.0 Å². The number of hydrogen-bond acceptors (Lipinski definition) is 5. The number of nitrogens with two attached hydrogens (primary N) is 1. The van der Waals surface area contributed by atoms with Gasteiger partial charge in [0.1, 0.15) is 5.75 Å². The summed E-state index contributed by atoms with van der Waals surface area (Å²) in [5, 5.41) is 14.6. The minimum absolute atomic E-state index is 0.121. The summed E-state index contributed by atoms with van der Waals surface area (Å²) in [4.78, 5) is 16.4. The van der Waals surface area contributed by atoms with Crippen molar-refractivity contribution in [2.75, 3.05) is 5.32 Å². The third kappa shape index (κ3) is 3.80. The Labute approximate surface area is 127 Å². The van der Waals surface area contributed by atoms with E-state index in [4.69, 9.17) is 5.73 Å². The second-order valence-electron chi connectivity index (χ2n) is 4.99. The number of nitrogens with zero attached hydrogens (tertiary/aromatic N) is 1. The molecule has 112 valence electrons. The minimum Gasteiger partial charge on any atom is -0.508 e. The highest BCUT2D eigenvalue weighted by molar-refractivity contribution is 7.14. The first kappa shape index (κ1) is 15.5. The summed E-state index contributed by atoms with van der Waals surface area (Å²) in [6.07, 6.45) is 0.848. The van der Waals surface area contributed by atoms with Gasteiger partial charge in [0.15, 0.2) is 5.13 Å². The molecule has 0 fully saturated rings. The Morgan fingerprint density at radius 1 is 1.52 bits per heavy atom. The van der Waals surface area contributed by atoms with Gasteiger partial charge in [0.05, 0.1) is 11.7 Å². The molecule has 0 aliphatic heterocycles. The first-order valence-electron chi connectivity index (χ1n) is 6.82. The summed E-state index contributed by atoms with van der Waals surface area (Å²) in [6, 6.07) is 6.30. The lowest BCUT2D eigenvalue weighted by Gasteiger charge is -2.16. The molecule has 2 unspecified atom stereocenters. The Kier molecular flexibility index (Phi) is 4.93. The van der Waals surface area contributed by atoms with Crippen LogP contribution in [0.5, 0.6) is 5.75 Å². The Morgan fingerprint density at radius 3 is 2.95 bits per heavy atom. The predicted octanol–water partition coefficient (Wildman–Crippen LogP) is 2.83. The van der Waals surface area contributed by atoms with Crippen LogP contribution in [0.3, 0.4) is 0 Å². The van der Waals surface area contributed by atoms with E-state index in [9.17, 15) is 9.90 Å². The second kappa shape index (κ2) is 6.69. The topological polar surface area (TPSA) is 88.2 Å². The number of aromatic nitrogens is 1. The van der Waals surface area contributed by atoms with Crippen LogP contribution in [0, 0.1) is 5.92 Å². The summed E-state index contributed by atoms with van der Waals surface area (Å²) >= 11 is 1.34. The maximum Gasteiger partial charge on any atom is 0.243 e. The minimum atomic E-state index is -0.539. The van der Waals surface area contributed by atoms with Crippen molar-refractivity contribution in [1.29, 1.82) is 0 Å². The van der Waals surface area contributed by atoms with Gasteiger partial charge < -0.3 is 16.2 Å². The molecule has 0 bridgehead atoms. The van der Waals surface area contributed by atoms with E-state index in [0.717, 1.165) is 12.0 Å². The molecule has 0 spiro atoms. The van der Waals surface area contributed by atoms with E-state index in [1.54, 1.807) is 18.2 Å². The highest BCUT2D eigenvalue weighted by Gasteiger charge is 2.20. The van der Waals surface area contributed by atoms with E-state index in [0.29, 0.717) is 10.8 Å². The zero-order valence-corrected chi connectivity index (χ0v) is 12.9. The molecule has 0 aliphatic rings. The van der Waals surface area contributed by atoms with Crippen LogP contribution < -0.4 is 11.1 Å². The van der Waals surface area contributed by atoms with Gasteiger partial charge in [0, 0.05) is 10.9 Å². The largest absolute Gasteiger partial charge is 0.508 e. The van der Waals surface area contributed by atoms with Crippen molar-refractivity contribution >= 4 is 22.4 Å². The Bertz CT molecular complexity index is 627. The van der Waals surface area contributed by atoms with E-state index >= 15 is 0 Å². The van der Waals surface area contributed by atoms with Gasteiger partial charge in [-0.15, -0.1) is 11.3 Å². The average Bonchev–Trinajstić information content (AvgIpc) is 2.94. The molecule has 5 nitrogen and oxygen atoms in total. The number of rotatable bonds is 5. The number of phenolic OH excluding ortho intramolecular Hbond substituents is 1. The number of benzene rings is 1. The molecule has 4 N–H and O–H groups in total. The van der Waals surface area contributed by atoms with Crippen LogP contribution in [0.25, 0.3) is 11.3 Å². The van der Waals surface area contributed by atoms with Crippen molar-refractivity contribution in [3.05, 3.63) is 29.6 Å². The molecule has 1 aromatic heterocycles. The lowest BCUT2D eigenvalue weighted by molar-refractivity contribution is -0.118. The molecule has 2 rings (SSSR count). The number of phenols is 1. The normalized spacial score (nSPS) is 13.7. The molecule has 0 saturated heterocycles. The fraction of sp³-hybridized carbons (Fsp3) is 0.333. The third-order valence-corrected chi connectivity index (χ3v) is 4.19. The Morgan fingerprint density at radius 2 is 2.29 bits per heavy atom. The highest BCUT2D eigenvalue weighted by Crippen LogP contribution is 2.27. The first-order valence-corrected chi connectivity index (χ1v) is 7.70. The molecule has 21 heavy (non-hydrogen) atoms. The fourth-order valence-electron chi connectivity index (χ4n) is 1.83. The number of hydrogen-bond donors (Lipinski definition) is 3. The quantitative estimate of drug-likeness (QED) is 0.792. The zero-order valence-electron chi connectivity index (χ0n) is 12.0. The maximum absolute atomic E-state index is 12.0. The third-order valence-electron chi connectivity index (χ3n) is 3.44.